The third kappa shape index (κ3) is 4.87. The topological polar surface area (TPSA) is 52.6 Å². The van der Waals surface area contributed by atoms with E-state index in [9.17, 15) is 9.36 Å². The van der Waals surface area contributed by atoms with Crippen molar-refractivity contribution in [2.24, 2.45) is 0 Å². The monoisotopic (exact) mass is 179 g/mol. The van der Waals surface area contributed by atoms with E-state index in [4.69, 9.17) is 0 Å². The highest BCUT2D eigenvalue weighted by molar-refractivity contribution is 7.58. The first kappa shape index (κ1) is 10.5. The number of hydrogen-bond donors (Lipinski definition) is 0. The minimum Gasteiger partial charge on any atom is -0.429 e. The first-order valence-electron chi connectivity index (χ1n) is 3.40. The third-order valence-corrected chi connectivity index (χ3v) is 1.93. The molecule has 4 nitrogen and oxygen atoms in total. The molecule has 11 heavy (non-hydrogen) atoms. The molecule has 0 aromatic heterocycles. The van der Waals surface area contributed by atoms with Gasteiger partial charge in [0.2, 0.25) is 0 Å². The molecule has 0 aromatic carbocycles. The molecule has 0 saturated heterocycles. The van der Waals surface area contributed by atoms with Crippen molar-refractivity contribution in [3.63, 3.8) is 0 Å². The van der Waals surface area contributed by atoms with Crippen LogP contribution in [0.3, 0.4) is 0 Å². The number of unbranched alkanes of at least 4 members (excludes halogenated alkanes) is 1. The molecule has 1 unspecified atom stereocenters. The Balaban J connectivity index is 3.44. The highest BCUT2D eigenvalue weighted by Crippen LogP contribution is 2.24. The lowest BCUT2D eigenvalue weighted by atomic mass is 10.4. The number of carbonyl (C=O) groups is 1. The lowest BCUT2D eigenvalue weighted by molar-refractivity contribution is 0.191. The van der Waals surface area contributed by atoms with Crippen molar-refractivity contribution in [2.45, 2.75) is 19.8 Å². The van der Waals surface area contributed by atoms with Crippen LogP contribution < -0.4 is 0 Å². The van der Waals surface area contributed by atoms with Crippen LogP contribution in [0, 0.1) is 0 Å². The Kier molecular flexibility index (Phi) is 5.99. The van der Waals surface area contributed by atoms with E-state index >= 15 is 0 Å². The maximum absolute atomic E-state index is 10.7. The summed E-state index contributed by atoms with van der Waals surface area (Å²) in [5.74, 6) is 0. The van der Waals surface area contributed by atoms with Gasteiger partial charge in [-0.05, 0) is 11.0 Å². The summed E-state index contributed by atoms with van der Waals surface area (Å²) >= 11 is 0. The Morgan fingerprint density at radius 2 is 2.18 bits per heavy atom. The molecule has 0 aliphatic rings. The van der Waals surface area contributed by atoms with Gasteiger partial charge in [0.25, 0.3) is 0 Å². The van der Waals surface area contributed by atoms with Crippen LogP contribution in [0.25, 0.3) is 0 Å². The molecule has 0 fully saturated rings. The second-order valence-corrected chi connectivity index (χ2v) is 3.05. The van der Waals surface area contributed by atoms with Crippen molar-refractivity contribution in [3.8, 4) is 0 Å². The molecule has 0 amide bonds. The van der Waals surface area contributed by atoms with Gasteiger partial charge in [-0.25, -0.2) is 0 Å². The summed E-state index contributed by atoms with van der Waals surface area (Å²) in [5, 5.41) is 0. The zero-order valence-electron chi connectivity index (χ0n) is 6.70. The van der Waals surface area contributed by atoms with Gasteiger partial charge in [-0.1, -0.05) is 13.3 Å². The van der Waals surface area contributed by atoms with Gasteiger partial charge < -0.3 is 4.74 Å². The van der Waals surface area contributed by atoms with E-state index in [1.54, 1.807) is 0 Å². The molecule has 0 spiro atoms. The van der Waals surface area contributed by atoms with Crippen LogP contribution in [0.5, 0.6) is 0 Å². The van der Waals surface area contributed by atoms with Crippen LogP contribution in [0.15, 0.2) is 0 Å². The summed E-state index contributed by atoms with van der Waals surface area (Å²) in [6, 6.07) is 0. The van der Waals surface area contributed by atoms with Gasteiger partial charge >= 0.3 is 13.7 Å². The van der Waals surface area contributed by atoms with Crippen molar-refractivity contribution in [1.29, 1.82) is 0 Å². The SMILES string of the molecule is CCCCO[P+](=O)C(=O)OC. The quantitative estimate of drug-likeness (QED) is 0.480. The van der Waals surface area contributed by atoms with Crippen LogP contribution in [0.1, 0.15) is 19.8 Å². The van der Waals surface area contributed by atoms with Crippen molar-refractivity contribution in [3.05, 3.63) is 0 Å². The molecule has 0 rings (SSSR count). The van der Waals surface area contributed by atoms with E-state index in [1.807, 2.05) is 6.92 Å². The fourth-order valence-corrected chi connectivity index (χ4v) is 0.968. The normalized spacial score (nSPS) is 10.9. The maximum atomic E-state index is 10.7. The van der Waals surface area contributed by atoms with E-state index in [1.165, 1.54) is 7.11 Å². The number of hydrogen-bond acceptors (Lipinski definition) is 4. The molecule has 0 radical (unpaired) electrons. The Morgan fingerprint density at radius 1 is 1.55 bits per heavy atom. The molecule has 0 saturated carbocycles. The lowest BCUT2D eigenvalue weighted by Gasteiger charge is -1.87. The molecular weight excluding hydrogens is 167 g/mol. The fraction of sp³-hybridized carbons (Fsp3) is 0.833. The third-order valence-electron chi connectivity index (χ3n) is 1.03. The van der Waals surface area contributed by atoms with E-state index in [0.29, 0.717) is 6.61 Å². The minimum atomic E-state index is -2.26. The molecule has 0 aliphatic heterocycles. The average molecular weight is 179 g/mol. The van der Waals surface area contributed by atoms with Gasteiger partial charge in [0.05, 0.1) is 7.11 Å². The van der Waals surface area contributed by atoms with Crippen molar-refractivity contribution >= 4 is 13.7 Å². The highest BCUT2D eigenvalue weighted by Gasteiger charge is 2.32. The number of ether oxygens (including phenoxy) is 1. The van der Waals surface area contributed by atoms with Crippen LogP contribution in [0.4, 0.5) is 4.79 Å². The highest BCUT2D eigenvalue weighted by atomic mass is 31.1. The van der Waals surface area contributed by atoms with Gasteiger partial charge in [-0.2, -0.15) is 4.79 Å². The van der Waals surface area contributed by atoms with Crippen molar-refractivity contribution < 1.29 is 18.6 Å². The smallest absolute Gasteiger partial charge is 0.429 e. The van der Waals surface area contributed by atoms with Gasteiger partial charge in [0.15, 0.2) is 0 Å². The van der Waals surface area contributed by atoms with E-state index < -0.39 is 13.7 Å². The van der Waals surface area contributed by atoms with Gasteiger partial charge in [-0.3, -0.25) is 0 Å². The summed E-state index contributed by atoms with van der Waals surface area (Å²) in [5.41, 5.74) is -0.795. The predicted molar refractivity (Wildman–Crippen MR) is 40.9 cm³/mol. The van der Waals surface area contributed by atoms with Gasteiger partial charge in [-0.15, -0.1) is 4.52 Å². The Bertz CT molecular complexity index is 146. The summed E-state index contributed by atoms with van der Waals surface area (Å²) < 4.78 is 19.6. The second-order valence-electron chi connectivity index (χ2n) is 1.91. The number of rotatable bonds is 5. The zero-order valence-corrected chi connectivity index (χ0v) is 7.60. The second kappa shape index (κ2) is 6.25. The largest absolute Gasteiger partial charge is 0.636 e. The molecule has 0 aliphatic carbocycles. The lowest BCUT2D eigenvalue weighted by Crippen LogP contribution is -1.94. The van der Waals surface area contributed by atoms with Gasteiger partial charge in [0, 0.05) is 0 Å². The predicted octanol–water partition coefficient (Wildman–Crippen LogP) is 2.31. The van der Waals surface area contributed by atoms with Gasteiger partial charge in [0.1, 0.15) is 6.61 Å². The summed E-state index contributed by atoms with van der Waals surface area (Å²) in [4.78, 5) is 10.5. The summed E-state index contributed by atoms with van der Waals surface area (Å²) in [7, 11) is -1.09. The van der Waals surface area contributed by atoms with Crippen LogP contribution in [-0.4, -0.2) is 19.4 Å². The Hall–Kier alpha value is -0.470. The zero-order chi connectivity index (χ0) is 8.69. The standard InChI is InChI=1S/C6H12O4P/c1-3-4-5-10-11(8)6(7)9-2/h3-5H2,1-2H3/q+1. The minimum absolute atomic E-state index is 0.348. The Morgan fingerprint density at radius 3 is 2.64 bits per heavy atom. The molecular formula is C6H12O4P+. The van der Waals surface area contributed by atoms with E-state index in [0.717, 1.165) is 12.8 Å². The van der Waals surface area contributed by atoms with Crippen LogP contribution in [-0.2, 0) is 13.8 Å². The number of methoxy groups -OCH3 is 1. The van der Waals surface area contributed by atoms with Crippen molar-refractivity contribution in [2.75, 3.05) is 13.7 Å². The fourth-order valence-electron chi connectivity index (χ4n) is 0.419. The van der Waals surface area contributed by atoms with E-state index in [2.05, 4.69) is 9.26 Å². The van der Waals surface area contributed by atoms with Crippen LogP contribution in [0.2, 0.25) is 0 Å². The van der Waals surface area contributed by atoms with Crippen LogP contribution >= 0.6 is 8.03 Å². The summed E-state index contributed by atoms with van der Waals surface area (Å²) in [6.45, 7) is 2.33. The van der Waals surface area contributed by atoms with E-state index in [-0.39, 0.29) is 0 Å². The van der Waals surface area contributed by atoms with Crippen molar-refractivity contribution in [1.82, 2.24) is 0 Å². The summed E-state index contributed by atoms with van der Waals surface area (Å²) in [6.07, 6.45) is 1.75. The molecule has 1 atom stereocenters. The molecule has 0 heterocycles. The molecule has 0 aromatic rings. The first-order chi connectivity index (χ1) is 5.22. The molecule has 64 valence electrons. The first-order valence-corrected chi connectivity index (χ1v) is 4.58. The average Bonchev–Trinajstić information content (AvgIpc) is 2.03. The molecule has 5 heteroatoms. The molecule has 0 bridgehead atoms. The number of carbonyl (C=O) groups excluding carboxylic acids is 1. The Labute approximate surface area is 66.7 Å². The maximum Gasteiger partial charge on any atom is 0.636 e. The molecule has 0 N–H and O–H groups in total.